The highest BCUT2D eigenvalue weighted by Crippen LogP contribution is 2.25. The zero-order chi connectivity index (χ0) is 13.0. The van der Waals surface area contributed by atoms with Crippen LogP contribution in [0.3, 0.4) is 0 Å². The Kier molecular flexibility index (Phi) is 5.57. The van der Waals surface area contributed by atoms with Gasteiger partial charge in [0.15, 0.2) is 0 Å². The van der Waals surface area contributed by atoms with Gasteiger partial charge in [-0.3, -0.25) is 4.79 Å². The van der Waals surface area contributed by atoms with Crippen molar-refractivity contribution in [2.75, 3.05) is 13.6 Å². The molecule has 94 valence electrons. The Hall–Kier alpha value is -0.440. The van der Waals surface area contributed by atoms with Crippen LogP contribution in [0.4, 0.5) is 0 Å². The van der Waals surface area contributed by atoms with Crippen LogP contribution in [0.1, 0.15) is 23.7 Å². The molecule has 0 aliphatic rings. The molecule has 1 aromatic rings. The van der Waals surface area contributed by atoms with Gasteiger partial charge in [-0.25, -0.2) is 0 Å². The van der Waals surface area contributed by atoms with Gasteiger partial charge in [0.05, 0.1) is 15.6 Å². The summed E-state index contributed by atoms with van der Waals surface area (Å²) in [5, 5.41) is 0.772. The SMILES string of the molecule is CC(Cl)CCN(C)C(=O)c1c(Cl)cccc1Cl. The lowest BCUT2D eigenvalue weighted by atomic mass is 10.2. The van der Waals surface area contributed by atoms with Gasteiger partial charge in [0.1, 0.15) is 0 Å². The molecule has 1 aromatic carbocycles. The first-order valence-corrected chi connectivity index (χ1v) is 6.46. The Bertz CT molecular complexity index is 386. The first kappa shape index (κ1) is 14.6. The summed E-state index contributed by atoms with van der Waals surface area (Å²) < 4.78 is 0. The van der Waals surface area contributed by atoms with Gasteiger partial charge >= 0.3 is 0 Å². The Morgan fingerprint density at radius 1 is 1.35 bits per heavy atom. The highest BCUT2D eigenvalue weighted by Gasteiger charge is 2.18. The molecule has 1 atom stereocenters. The Morgan fingerprint density at radius 2 is 1.88 bits per heavy atom. The van der Waals surface area contributed by atoms with Crippen molar-refractivity contribution in [3.63, 3.8) is 0 Å². The Balaban J connectivity index is 2.82. The number of carbonyl (C=O) groups excluding carboxylic acids is 1. The Labute approximate surface area is 116 Å². The van der Waals surface area contributed by atoms with E-state index in [1.54, 1.807) is 30.1 Å². The average Bonchev–Trinajstić information content (AvgIpc) is 2.25. The monoisotopic (exact) mass is 293 g/mol. The van der Waals surface area contributed by atoms with Gasteiger partial charge in [0.25, 0.3) is 5.91 Å². The summed E-state index contributed by atoms with van der Waals surface area (Å²) in [6.45, 7) is 2.47. The lowest BCUT2D eigenvalue weighted by Gasteiger charge is -2.19. The minimum absolute atomic E-state index is 0.0342. The molecule has 0 radical (unpaired) electrons. The second-order valence-electron chi connectivity index (χ2n) is 3.89. The molecule has 0 saturated carbocycles. The van der Waals surface area contributed by atoms with Crippen LogP contribution in [-0.2, 0) is 0 Å². The largest absolute Gasteiger partial charge is 0.342 e. The topological polar surface area (TPSA) is 20.3 Å². The number of nitrogens with zero attached hydrogens (tertiary/aromatic N) is 1. The second-order valence-corrected chi connectivity index (χ2v) is 5.45. The van der Waals surface area contributed by atoms with Crippen molar-refractivity contribution in [1.29, 1.82) is 0 Å². The lowest BCUT2D eigenvalue weighted by Crippen LogP contribution is -2.29. The van der Waals surface area contributed by atoms with Crippen molar-refractivity contribution in [1.82, 2.24) is 4.90 Å². The molecule has 2 nitrogen and oxygen atoms in total. The van der Waals surface area contributed by atoms with Gasteiger partial charge in [-0.05, 0) is 25.5 Å². The van der Waals surface area contributed by atoms with Crippen molar-refractivity contribution in [3.05, 3.63) is 33.8 Å². The number of amides is 1. The van der Waals surface area contributed by atoms with Crippen LogP contribution in [0.5, 0.6) is 0 Å². The van der Waals surface area contributed by atoms with Crippen molar-refractivity contribution < 1.29 is 4.79 Å². The van der Waals surface area contributed by atoms with Gasteiger partial charge in [0, 0.05) is 19.0 Å². The molecule has 1 rings (SSSR count). The third kappa shape index (κ3) is 4.06. The maximum absolute atomic E-state index is 12.1. The molecule has 0 N–H and O–H groups in total. The number of alkyl halides is 1. The number of hydrogen-bond acceptors (Lipinski definition) is 1. The molecule has 0 fully saturated rings. The van der Waals surface area contributed by atoms with Crippen LogP contribution < -0.4 is 0 Å². The van der Waals surface area contributed by atoms with Crippen molar-refractivity contribution in [2.24, 2.45) is 0 Å². The van der Waals surface area contributed by atoms with Crippen LogP contribution in [0.2, 0.25) is 10.0 Å². The van der Waals surface area contributed by atoms with E-state index in [9.17, 15) is 4.79 Å². The summed E-state index contributed by atoms with van der Waals surface area (Å²) in [5.74, 6) is -0.182. The molecule has 0 spiro atoms. The molecule has 0 aliphatic carbocycles. The first-order valence-electron chi connectivity index (χ1n) is 5.27. The third-order valence-corrected chi connectivity index (χ3v) is 3.23. The Morgan fingerprint density at radius 3 is 2.35 bits per heavy atom. The standard InChI is InChI=1S/C12H14Cl3NO/c1-8(13)6-7-16(2)12(17)11-9(14)4-3-5-10(11)15/h3-5,8H,6-7H2,1-2H3. The zero-order valence-corrected chi connectivity index (χ0v) is 12.0. The second kappa shape index (κ2) is 6.48. The smallest absolute Gasteiger partial charge is 0.256 e. The number of hydrogen-bond donors (Lipinski definition) is 0. The van der Waals surface area contributed by atoms with Gasteiger partial charge in [0.2, 0.25) is 0 Å². The summed E-state index contributed by atoms with van der Waals surface area (Å²) in [5.41, 5.74) is 0.348. The minimum Gasteiger partial charge on any atom is -0.342 e. The lowest BCUT2D eigenvalue weighted by molar-refractivity contribution is 0.0794. The molecule has 0 aromatic heterocycles. The van der Waals surface area contributed by atoms with Crippen molar-refractivity contribution >= 4 is 40.7 Å². The van der Waals surface area contributed by atoms with E-state index in [-0.39, 0.29) is 11.3 Å². The van der Waals surface area contributed by atoms with E-state index in [4.69, 9.17) is 34.8 Å². The average molecular weight is 295 g/mol. The molecule has 5 heteroatoms. The van der Waals surface area contributed by atoms with Gasteiger partial charge in [-0.15, -0.1) is 11.6 Å². The van der Waals surface area contributed by atoms with E-state index >= 15 is 0 Å². The van der Waals surface area contributed by atoms with E-state index in [0.717, 1.165) is 6.42 Å². The van der Waals surface area contributed by atoms with Gasteiger partial charge in [-0.1, -0.05) is 29.3 Å². The number of benzene rings is 1. The summed E-state index contributed by atoms with van der Waals surface area (Å²) in [4.78, 5) is 13.7. The van der Waals surface area contributed by atoms with E-state index in [1.807, 2.05) is 6.92 Å². The summed E-state index contributed by atoms with van der Waals surface area (Å²) >= 11 is 17.8. The number of carbonyl (C=O) groups is 1. The fraction of sp³-hybridized carbons (Fsp3) is 0.417. The molecular formula is C12H14Cl3NO. The van der Waals surface area contributed by atoms with Crippen LogP contribution in [-0.4, -0.2) is 29.8 Å². The first-order chi connectivity index (χ1) is 7.93. The summed E-state index contributed by atoms with van der Waals surface area (Å²) in [6, 6.07) is 5.01. The van der Waals surface area contributed by atoms with Crippen LogP contribution in [0, 0.1) is 0 Å². The van der Waals surface area contributed by atoms with Crippen molar-refractivity contribution in [3.8, 4) is 0 Å². The molecule has 1 unspecified atom stereocenters. The molecule has 0 bridgehead atoms. The molecule has 0 heterocycles. The fourth-order valence-electron chi connectivity index (χ4n) is 1.37. The van der Waals surface area contributed by atoms with Crippen LogP contribution in [0.25, 0.3) is 0 Å². The van der Waals surface area contributed by atoms with E-state index in [0.29, 0.717) is 22.2 Å². The maximum atomic E-state index is 12.1. The number of rotatable bonds is 4. The summed E-state index contributed by atoms with van der Waals surface area (Å²) in [7, 11) is 1.71. The van der Waals surface area contributed by atoms with E-state index in [2.05, 4.69) is 0 Å². The molecule has 0 saturated heterocycles. The molecule has 0 aliphatic heterocycles. The molecular weight excluding hydrogens is 280 g/mol. The zero-order valence-electron chi connectivity index (χ0n) is 9.71. The predicted octanol–water partition coefficient (Wildman–Crippen LogP) is 4.08. The highest BCUT2D eigenvalue weighted by molar-refractivity contribution is 6.39. The van der Waals surface area contributed by atoms with Gasteiger partial charge < -0.3 is 4.90 Å². The third-order valence-electron chi connectivity index (χ3n) is 2.39. The summed E-state index contributed by atoms with van der Waals surface area (Å²) in [6.07, 6.45) is 0.728. The molecule has 1 amide bonds. The maximum Gasteiger partial charge on any atom is 0.256 e. The predicted molar refractivity (Wildman–Crippen MR) is 73.4 cm³/mol. The van der Waals surface area contributed by atoms with Crippen molar-refractivity contribution in [2.45, 2.75) is 18.7 Å². The van der Waals surface area contributed by atoms with Crippen LogP contribution in [0.15, 0.2) is 18.2 Å². The van der Waals surface area contributed by atoms with E-state index in [1.165, 1.54) is 0 Å². The van der Waals surface area contributed by atoms with Gasteiger partial charge in [-0.2, -0.15) is 0 Å². The van der Waals surface area contributed by atoms with E-state index < -0.39 is 0 Å². The fourth-order valence-corrected chi connectivity index (χ4v) is 2.02. The quantitative estimate of drug-likeness (QED) is 0.766. The highest BCUT2D eigenvalue weighted by atomic mass is 35.5. The minimum atomic E-state index is -0.182. The number of halogens is 3. The normalized spacial score (nSPS) is 12.3. The molecule has 17 heavy (non-hydrogen) atoms. The van der Waals surface area contributed by atoms with Crippen LogP contribution >= 0.6 is 34.8 Å².